The van der Waals surface area contributed by atoms with Crippen molar-refractivity contribution in [1.82, 2.24) is 5.32 Å². The molecular formula is C19H45NO3. The number of rotatable bonds is 3. The maximum atomic E-state index is 9.33. The third kappa shape index (κ3) is 33.7. The predicted molar refractivity (Wildman–Crippen MR) is 107 cm³/mol. The van der Waals surface area contributed by atoms with Crippen molar-refractivity contribution in [3.05, 3.63) is 25.3 Å². The van der Waals surface area contributed by atoms with Gasteiger partial charge in [0.25, 0.3) is 0 Å². The van der Waals surface area contributed by atoms with Gasteiger partial charge < -0.3 is 20.3 Å². The normalized spacial score (nSPS) is 17.6. The van der Waals surface area contributed by atoms with E-state index in [1.807, 2.05) is 41.4 Å². The zero-order chi connectivity index (χ0) is 19.0. The standard InChI is InChI=1S/C9H17NO.C3H6.2C2H6.CH4O.CH2O.CH4/c1-3-8(11)7-9(2)5-4-6-10-9;1-3-2;4*1-2;/h3,8,10-11H,1,4-7H2,2H3;3H,1H2,2H3;2*1-2H3;2H,1H3;1H2;1H4. The first-order valence-corrected chi connectivity index (χ1v) is 7.94. The fraction of sp³-hybridized carbons (Fsp3) is 0.737. The van der Waals surface area contributed by atoms with Crippen LogP contribution < -0.4 is 5.32 Å². The molecule has 4 heteroatoms. The molecule has 3 N–H and O–H groups in total. The number of aliphatic hydroxyl groups excluding tert-OH is 2. The number of allylic oxidation sites excluding steroid dienone is 1. The zero-order valence-electron chi connectivity index (χ0n) is 16.0. The van der Waals surface area contributed by atoms with Gasteiger partial charge in [-0.05, 0) is 39.7 Å². The first-order valence-electron chi connectivity index (χ1n) is 7.94. The molecule has 1 heterocycles. The number of carbonyl (C=O) groups is 1. The van der Waals surface area contributed by atoms with E-state index in [1.54, 1.807) is 12.2 Å². The van der Waals surface area contributed by atoms with Crippen LogP contribution in [0.25, 0.3) is 0 Å². The highest BCUT2D eigenvalue weighted by molar-refractivity contribution is 5.11. The first-order chi connectivity index (χ1) is 10.6. The van der Waals surface area contributed by atoms with E-state index in [0.717, 1.165) is 26.5 Å². The summed E-state index contributed by atoms with van der Waals surface area (Å²) in [5.41, 5.74) is 0.146. The van der Waals surface area contributed by atoms with Crippen LogP contribution in [0.15, 0.2) is 25.3 Å². The molecule has 0 aromatic carbocycles. The molecule has 1 rings (SSSR count). The Morgan fingerprint density at radius 1 is 1.17 bits per heavy atom. The van der Waals surface area contributed by atoms with Crippen LogP contribution in [0.5, 0.6) is 0 Å². The molecule has 23 heavy (non-hydrogen) atoms. The summed E-state index contributed by atoms with van der Waals surface area (Å²) in [7, 11) is 1.00. The molecule has 0 aliphatic carbocycles. The second kappa shape index (κ2) is 37.3. The number of aliphatic hydroxyl groups is 2. The van der Waals surface area contributed by atoms with E-state index >= 15 is 0 Å². The highest BCUT2D eigenvalue weighted by Crippen LogP contribution is 2.23. The minimum atomic E-state index is -0.356. The van der Waals surface area contributed by atoms with Crippen LogP contribution in [0.3, 0.4) is 0 Å². The Morgan fingerprint density at radius 2 is 1.52 bits per heavy atom. The van der Waals surface area contributed by atoms with E-state index in [2.05, 4.69) is 25.4 Å². The molecule has 1 saturated heterocycles. The molecule has 4 nitrogen and oxygen atoms in total. The molecule has 0 bridgehead atoms. The zero-order valence-corrected chi connectivity index (χ0v) is 16.0. The number of nitrogens with one attached hydrogen (secondary N) is 1. The third-order valence-corrected chi connectivity index (χ3v) is 2.39. The fourth-order valence-electron chi connectivity index (χ4n) is 1.68. The molecule has 144 valence electrons. The Labute approximate surface area is 146 Å². The van der Waals surface area contributed by atoms with E-state index in [4.69, 9.17) is 9.90 Å². The van der Waals surface area contributed by atoms with Crippen molar-refractivity contribution in [2.24, 2.45) is 0 Å². The second-order valence-electron chi connectivity index (χ2n) is 4.01. The third-order valence-electron chi connectivity index (χ3n) is 2.39. The fourth-order valence-corrected chi connectivity index (χ4v) is 1.68. The molecule has 0 aromatic rings. The Hall–Kier alpha value is -0.970. The van der Waals surface area contributed by atoms with Gasteiger partial charge in [0.2, 0.25) is 0 Å². The van der Waals surface area contributed by atoms with Crippen LogP contribution in [-0.2, 0) is 4.79 Å². The van der Waals surface area contributed by atoms with Crippen molar-refractivity contribution < 1.29 is 15.0 Å². The summed E-state index contributed by atoms with van der Waals surface area (Å²) in [6.45, 7) is 22.0. The smallest absolute Gasteiger partial charge is 0.106 e. The van der Waals surface area contributed by atoms with Crippen LogP contribution >= 0.6 is 0 Å². The average Bonchev–Trinajstić information content (AvgIpc) is 3.02. The van der Waals surface area contributed by atoms with Crippen molar-refractivity contribution in [3.8, 4) is 0 Å². The van der Waals surface area contributed by atoms with E-state index in [-0.39, 0.29) is 19.1 Å². The van der Waals surface area contributed by atoms with Crippen molar-refractivity contribution in [1.29, 1.82) is 0 Å². The molecule has 0 saturated carbocycles. The van der Waals surface area contributed by atoms with E-state index in [9.17, 15) is 5.11 Å². The first kappa shape index (κ1) is 37.9. The lowest BCUT2D eigenvalue weighted by Crippen LogP contribution is -2.39. The molecule has 1 aliphatic heterocycles. The number of carbonyl (C=O) groups excluding carboxylic acids is 1. The molecule has 0 radical (unpaired) electrons. The van der Waals surface area contributed by atoms with Crippen LogP contribution in [0.4, 0.5) is 0 Å². The summed E-state index contributed by atoms with van der Waals surface area (Å²) < 4.78 is 0. The lowest BCUT2D eigenvalue weighted by Gasteiger charge is -2.25. The number of hydrogen-bond donors (Lipinski definition) is 3. The predicted octanol–water partition coefficient (Wildman–Crippen LogP) is 4.37. The maximum absolute atomic E-state index is 9.33. The number of hydrogen-bond acceptors (Lipinski definition) is 4. The highest BCUT2D eigenvalue weighted by atomic mass is 16.3. The maximum Gasteiger partial charge on any atom is 0.106 e. The second-order valence-corrected chi connectivity index (χ2v) is 4.01. The van der Waals surface area contributed by atoms with Gasteiger partial charge in [-0.1, -0.05) is 47.3 Å². The van der Waals surface area contributed by atoms with Crippen molar-refractivity contribution in [3.63, 3.8) is 0 Å². The summed E-state index contributed by atoms with van der Waals surface area (Å²) in [5, 5.41) is 19.7. The van der Waals surface area contributed by atoms with Crippen LogP contribution in [-0.4, -0.2) is 42.3 Å². The van der Waals surface area contributed by atoms with Gasteiger partial charge in [-0.3, -0.25) is 0 Å². The Kier molecular flexibility index (Phi) is 61.6. The molecule has 0 aromatic heterocycles. The minimum Gasteiger partial charge on any atom is -0.400 e. The summed E-state index contributed by atoms with van der Waals surface area (Å²) in [5.74, 6) is 0. The van der Waals surface area contributed by atoms with Crippen molar-refractivity contribution >= 4 is 6.79 Å². The Morgan fingerprint density at radius 3 is 1.74 bits per heavy atom. The summed E-state index contributed by atoms with van der Waals surface area (Å²) in [6, 6.07) is 0. The minimum absolute atomic E-state index is 0. The van der Waals surface area contributed by atoms with E-state index < -0.39 is 0 Å². The van der Waals surface area contributed by atoms with Crippen LogP contribution in [0.2, 0.25) is 0 Å². The summed E-state index contributed by atoms with van der Waals surface area (Å²) in [4.78, 5) is 8.00. The Balaban J connectivity index is -0.0000000513. The SMILES string of the molecule is C.C=CC.C=CC(O)CC1(C)CCCN1.C=O.CC.CC.CO. The van der Waals surface area contributed by atoms with E-state index in [0.29, 0.717) is 0 Å². The van der Waals surface area contributed by atoms with Gasteiger partial charge in [0.1, 0.15) is 6.79 Å². The van der Waals surface area contributed by atoms with Gasteiger partial charge >= 0.3 is 0 Å². The van der Waals surface area contributed by atoms with Gasteiger partial charge in [-0.2, -0.15) is 0 Å². The lowest BCUT2D eigenvalue weighted by molar-refractivity contribution is -0.0979. The van der Waals surface area contributed by atoms with Gasteiger partial charge in [0, 0.05) is 12.6 Å². The van der Waals surface area contributed by atoms with Crippen molar-refractivity contribution in [2.45, 2.75) is 79.9 Å². The summed E-state index contributed by atoms with van der Waals surface area (Å²) in [6.07, 6.45) is 6.17. The largest absolute Gasteiger partial charge is 0.400 e. The quantitative estimate of drug-likeness (QED) is 0.670. The molecule has 1 fully saturated rings. The highest BCUT2D eigenvalue weighted by Gasteiger charge is 2.29. The average molecular weight is 336 g/mol. The topological polar surface area (TPSA) is 69.6 Å². The molecule has 0 spiro atoms. The van der Waals surface area contributed by atoms with Gasteiger partial charge in [0.05, 0.1) is 6.10 Å². The Bertz CT molecular complexity index is 191. The van der Waals surface area contributed by atoms with Gasteiger partial charge in [0.15, 0.2) is 0 Å². The van der Waals surface area contributed by atoms with Crippen molar-refractivity contribution in [2.75, 3.05) is 13.7 Å². The molecular weight excluding hydrogens is 290 g/mol. The van der Waals surface area contributed by atoms with Gasteiger partial charge in [-0.15, -0.1) is 13.2 Å². The lowest BCUT2D eigenvalue weighted by atomic mass is 9.93. The van der Waals surface area contributed by atoms with Gasteiger partial charge in [-0.25, -0.2) is 0 Å². The monoisotopic (exact) mass is 335 g/mol. The molecule has 1 aliphatic rings. The van der Waals surface area contributed by atoms with Crippen LogP contribution in [0, 0.1) is 0 Å². The molecule has 0 amide bonds. The molecule has 2 atom stereocenters. The van der Waals surface area contributed by atoms with Crippen LogP contribution in [0.1, 0.15) is 68.2 Å². The van der Waals surface area contributed by atoms with E-state index in [1.165, 1.54) is 6.42 Å². The summed E-state index contributed by atoms with van der Waals surface area (Å²) >= 11 is 0. The molecule has 2 unspecified atom stereocenters.